The van der Waals surface area contributed by atoms with E-state index < -0.39 is 8.07 Å². The molecule has 0 fully saturated rings. The number of allylic oxidation sites excluding steroid dienone is 2. The zero-order valence-corrected chi connectivity index (χ0v) is 17.1. The third-order valence-electron chi connectivity index (χ3n) is 5.08. The summed E-state index contributed by atoms with van der Waals surface area (Å²) in [6, 6.07) is 6.22. The number of anilines is 1. The van der Waals surface area contributed by atoms with Crippen LogP contribution in [0.5, 0.6) is 0 Å². The fraction of sp³-hybridized carbons (Fsp3) is 0.524. The van der Waals surface area contributed by atoms with E-state index in [-0.39, 0.29) is 0 Å². The van der Waals surface area contributed by atoms with Crippen molar-refractivity contribution in [3.05, 3.63) is 35.4 Å². The summed E-state index contributed by atoms with van der Waals surface area (Å²) in [6.45, 7) is 18.2. The average Bonchev–Trinajstić information content (AvgIpc) is 2.41. The Morgan fingerprint density at radius 2 is 1.57 bits per heavy atom. The maximum atomic E-state index is 6.14. The minimum Gasteiger partial charge on any atom is -0.398 e. The second-order valence-corrected chi connectivity index (χ2v) is 13.2. The van der Waals surface area contributed by atoms with Crippen molar-refractivity contribution in [3.8, 4) is 11.5 Å². The quantitative estimate of drug-likeness (QED) is 0.397. The molecule has 0 atom stereocenters. The fourth-order valence-electron chi connectivity index (χ4n) is 3.82. The predicted molar refractivity (Wildman–Crippen MR) is 108 cm³/mol. The van der Waals surface area contributed by atoms with Crippen LogP contribution in [-0.2, 0) is 0 Å². The van der Waals surface area contributed by atoms with Crippen LogP contribution in [0.25, 0.3) is 5.57 Å². The monoisotopic (exact) mass is 327 g/mol. The minimum atomic E-state index is -1.65. The van der Waals surface area contributed by atoms with Gasteiger partial charge in [-0.1, -0.05) is 59.6 Å². The van der Waals surface area contributed by atoms with Crippen LogP contribution in [0.2, 0.25) is 16.6 Å². The Morgan fingerprint density at radius 3 is 2.00 bits per heavy atom. The Balaban J connectivity index is 3.22. The average molecular weight is 328 g/mol. The van der Waals surface area contributed by atoms with E-state index in [0.717, 1.165) is 16.8 Å². The van der Waals surface area contributed by atoms with Crippen LogP contribution in [0.4, 0.5) is 5.69 Å². The van der Waals surface area contributed by atoms with Gasteiger partial charge in [-0.05, 0) is 53.7 Å². The van der Waals surface area contributed by atoms with Gasteiger partial charge in [0.25, 0.3) is 0 Å². The van der Waals surface area contributed by atoms with E-state index in [9.17, 15) is 0 Å². The van der Waals surface area contributed by atoms with Crippen molar-refractivity contribution in [2.24, 2.45) is 0 Å². The molecule has 1 aromatic rings. The largest absolute Gasteiger partial charge is 0.398 e. The normalized spacial score (nSPS) is 12.7. The number of benzene rings is 1. The molecule has 126 valence electrons. The summed E-state index contributed by atoms with van der Waals surface area (Å²) in [5.74, 6) is 3.40. The van der Waals surface area contributed by atoms with Gasteiger partial charge in [0, 0.05) is 11.3 Å². The molecule has 0 saturated carbocycles. The van der Waals surface area contributed by atoms with Crippen molar-refractivity contribution >= 4 is 19.3 Å². The first kappa shape index (κ1) is 19.6. The molecule has 23 heavy (non-hydrogen) atoms. The van der Waals surface area contributed by atoms with Gasteiger partial charge in [-0.25, -0.2) is 0 Å². The van der Waals surface area contributed by atoms with E-state index in [2.05, 4.69) is 85.1 Å². The molecular weight excluding hydrogens is 294 g/mol. The maximum Gasteiger partial charge on any atom is 0.146 e. The first-order chi connectivity index (χ1) is 10.6. The summed E-state index contributed by atoms with van der Waals surface area (Å²) in [7, 11) is -1.65. The summed E-state index contributed by atoms with van der Waals surface area (Å²) < 4.78 is 0. The highest BCUT2D eigenvalue weighted by Crippen LogP contribution is 2.40. The Morgan fingerprint density at radius 1 is 1.04 bits per heavy atom. The van der Waals surface area contributed by atoms with Crippen molar-refractivity contribution in [2.75, 3.05) is 5.73 Å². The molecule has 0 unspecified atom stereocenters. The Hall–Kier alpha value is -1.46. The molecule has 0 heterocycles. The number of hydrogen-bond donors (Lipinski definition) is 1. The lowest BCUT2D eigenvalue weighted by Crippen LogP contribution is -2.43. The predicted octanol–water partition coefficient (Wildman–Crippen LogP) is 6.20. The van der Waals surface area contributed by atoms with Gasteiger partial charge in [0.1, 0.15) is 8.07 Å². The molecule has 0 saturated heterocycles. The molecule has 1 aromatic carbocycles. The molecule has 2 N–H and O–H groups in total. The Bertz CT molecular complexity index is 605. The van der Waals surface area contributed by atoms with Crippen LogP contribution >= 0.6 is 0 Å². The molecule has 2 heteroatoms. The van der Waals surface area contributed by atoms with Crippen LogP contribution in [-0.4, -0.2) is 8.07 Å². The number of nitrogens with two attached hydrogens (primary N) is 1. The molecule has 0 radical (unpaired) electrons. The minimum absolute atomic E-state index is 0.660. The molecule has 0 spiro atoms. The second kappa shape index (κ2) is 7.88. The first-order valence-corrected chi connectivity index (χ1v) is 10.9. The number of aryl methyl sites for hydroxylation is 1. The van der Waals surface area contributed by atoms with E-state index in [0.29, 0.717) is 16.6 Å². The zero-order valence-electron chi connectivity index (χ0n) is 16.1. The summed E-state index contributed by atoms with van der Waals surface area (Å²) in [5, 5.41) is 0. The lowest BCUT2D eigenvalue weighted by atomic mass is 10.0. The van der Waals surface area contributed by atoms with Crippen LogP contribution in [0.3, 0.4) is 0 Å². The maximum absolute atomic E-state index is 6.14. The highest BCUT2D eigenvalue weighted by atomic mass is 28.3. The highest BCUT2D eigenvalue weighted by molar-refractivity contribution is 6.90. The number of hydrogen-bond acceptors (Lipinski definition) is 1. The zero-order chi connectivity index (χ0) is 17.8. The van der Waals surface area contributed by atoms with Crippen molar-refractivity contribution in [3.63, 3.8) is 0 Å². The Labute approximate surface area is 144 Å². The Kier molecular flexibility index (Phi) is 6.71. The molecule has 1 nitrogen and oxygen atoms in total. The lowest BCUT2D eigenvalue weighted by Gasteiger charge is -2.38. The van der Waals surface area contributed by atoms with Crippen molar-refractivity contribution in [1.29, 1.82) is 0 Å². The number of nitrogen functional groups attached to an aromatic ring is 1. The third-order valence-corrected chi connectivity index (χ3v) is 11.4. The van der Waals surface area contributed by atoms with E-state index in [1.54, 1.807) is 0 Å². The summed E-state index contributed by atoms with van der Waals surface area (Å²) in [5.41, 5.74) is 16.1. The summed E-state index contributed by atoms with van der Waals surface area (Å²) in [4.78, 5) is 0. The van der Waals surface area contributed by atoms with E-state index in [1.165, 1.54) is 5.56 Å². The second-order valence-electron chi connectivity index (χ2n) is 7.58. The lowest BCUT2D eigenvalue weighted by molar-refractivity contribution is 0.838. The smallest absolute Gasteiger partial charge is 0.146 e. The van der Waals surface area contributed by atoms with Gasteiger partial charge in [-0.3, -0.25) is 0 Å². The standard InChI is InChI=1S/C21H33NSi/c1-15(2)23(16(3)4,17(5)6)13-9-10-19(8)20-12-11-18(7)14-21(20)22/h10-12,14-17H,22H2,1-8H3/b19-10-. The van der Waals surface area contributed by atoms with Gasteiger partial charge in [-0.2, -0.15) is 0 Å². The molecular formula is C21H33NSi. The van der Waals surface area contributed by atoms with Gasteiger partial charge in [0.15, 0.2) is 0 Å². The highest BCUT2D eigenvalue weighted by Gasteiger charge is 2.41. The van der Waals surface area contributed by atoms with Gasteiger partial charge in [0.2, 0.25) is 0 Å². The number of rotatable bonds is 4. The van der Waals surface area contributed by atoms with E-state index >= 15 is 0 Å². The molecule has 0 amide bonds. The summed E-state index contributed by atoms with van der Waals surface area (Å²) in [6.07, 6.45) is 2.05. The molecule has 1 rings (SSSR count). The van der Waals surface area contributed by atoms with Crippen molar-refractivity contribution < 1.29 is 0 Å². The molecule has 0 aliphatic heterocycles. The van der Waals surface area contributed by atoms with Gasteiger partial charge >= 0.3 is 0 Å². The van der Waals surface area contributed by atoms with Crippen LogP contribution in [0.1, 0.15) is 59.6 Å². The molecule has 0 aromatic heterocycles. The van der Waals surface area contributed by atoms with Crippen LogP contribution in [0, 0.1) is 18.4 Å². The van der Waals surface area contributed by atoms with Gasteiger partial charge < -0.3 is 5.73 Å². The third kappa shape index (κ3) is 4.29. The molecule has 0 aliphatic carbocycles. The van der Waals surface area contributed by atoms with Crippen LogP contribution in [0.15, 0.2) is 24.3 Å². The topological polar surface area (TPSA) is 26.0 Å². The summed E-state index contributed by atoms with van der Waals surface area (Å²) >= 11 is 0. The van der Waals surface area contributed by atoms with Crippen molar-refractivity contribution in [2.45, 2.75) is 72.0 Å². The van der Waals surface area contributed by atoms with Crippen molar-refractivity contribution in [1.82, 2.24) is 0 Å². The fourth-order valence-corrected chi connectivity index (χ4v) is 9.01. The molecule has 0 bridgehead atoms. The molecule has 0 aliphatic rings. The van der Waals surface area contributed by atoms with Gasteiger partial charge in [0.05, 0.1) is 0 Å². The van der Waals surface area contributed by atoms with Crippen LogP contribution < -0.4 is 5.73 Å². The van der Waals surface area contributed by atoms with E-state index in [1.807, 2.05) is 6.07 Å². The first-order valence-electron chi connectivity index (χ1n) is 8.68. The van der Waals surface area contributed by atoms with E-state index in [4.69, 9.17) is 5.73 Å². The SMILES string of the molecule is C/C(=C/C#C[Si](C(C)C)(C(C)C)C(C)C)c1ccc(C)cc1N. The van der Waals surface area contributed by atoms with Gasteiger partial charge in [-0.15, -0.1) is 5.54 Å².